The van der Waals surface area contributed by atoms with Gasteiger partial charge in [-0.25, -0.2) is 13.1 Å². The molecule has 2 aliphatic carbocycles. The van der Waals surface area contributed by atoms with Crippen LogP contribution in [0.4, 0.5) is 0 Å². The molecule has 0 heterocycles. The molecule has 3 rings (SSSR count). The monoisotopic (exact) mass is 294 g/mol. The van der Waals surface area contributed by atoms with Gasteiger partial charge in [-0.1, -0.05) is 12.1 Å². The van der Waals surface area contributed by atoms with Crippen molar-refractivity contribution < 1.29 is 8.42 Å². The van der Waals surface area contributed by atoms with E-state index in [1.165, 1.54) is 12.8 Å². The molecule has 1 aromatic rings. The first-order valence-corrected chi connectivity index (χ1v) is 8.82. The summed E-state index contributed by atoms with van der Waals surface area (Å²) >= 11 is 0. The summed E-state index contributed by atoms with van der Waals surface area (Å²) in [4.78, 5) is 0.362. The van der Waals surface area contributed by atoms with Crippen molar-refractivity contribution in [2.24, 2.45) is 0 Å². The first-order valence-electron chi connectivity index (χ1n) is 7.33. The second-order valence-corrected chi connectivity index (χ2v) is 8.00. The van der Waals surface area contributed by atoms with E-state index in [9.17, 15) is 8.42 Å². The number of rotatable bonds is 6. The molecule has 20 heavy (non-hydrogen) atoms. The summed E-state index contributed by atoms with van der Waals surface area (Å²) in [5.74, 6) is 0. The van der Waals surface area contributed by atoms with E-state index in [-0.39, 0.29) is 5.54 Å². The van der Waals surface area contributed by atoms with Crippen LogP contribution in [0.15, 0.2) is 29.2 Å². The van der Waals surface area contributed by atoms with Crippen molar-refractivity contribution >= 4 is 10.0 Å². The fourth-order valence-electron chi connectivity index (χ4n) is 2.53. The van der Waals surface area contributed by atoms with Gasteiger partial charge in [0, 0.05) is 18.1 Å². The van der Waals surface area contributed by atoms with Gasteiger partial charge in [0.2, 0.25) is 10.0 Å². The maximum absolute atomic E-state index is 12.3. The molecule has 0 aliphatic heterocycles. The lowest BCUT2D eigenvalue weighted by Crippen LogP contribution is -2.50. The van der Waals surface area contributed by atoms with Crippen molar-refractivity contribution in [2.45, 2.75) is 62.0 Å². The quantitative estimate of drug-likeness (QED) is 0.845. The Kier molecular flexibility index (Phi) is 3.60. The average molecular weight is 294 g/mol. The van der Waals surface area contributed by atoms with Gasteiger partial charge in [-0.2, -0.15) is 0 Å². The van der Waals surface area contributed by atoms with Gasteiger partial charge in [0.25, 0.3) is 0 Å². The van der Waals surface area contributed by atoms with Gasteiger partial charge in [0.05, 0.1) is 4.90 Å². The Morgan fingerprint density at radius 2 is 1.85 bits per heavy atom. The summed E-state index contributed by atoms with van der Waals surface area (Å²) in [6.45, 7) is 2.79. The first-order chi connectivity index (χ1) is 9.47. The minimum absolute atomic E-state index is 0.245. The van der Waals surface area contributed by atoms with Crippen molar-refractivity contribution in [3.8, 4) is 0 Å². The number of sulfonamides is 1. The van der Waals surface area contributed by atoms with Gasteiger partial charge >= 0.3 is 0 Å². The highest BCUT2D eigenvalue weighted by molar-refractivity contribution is 7.89. The van der Waals surface area contributed by atoms with Crippen LogP contribution in [0.3, 0.4) is 0 Å². The number of hydrogen-bond acceptors (Lipinski definition) is 3. The third kappa shape index (κ3) is 3.22. The standard InChI is InChI=1S/C15H22N2O2S/c1-15(9-2-10-15)17-20(18,19)14-7-3-12(4-8-14)11-16-13-5-6-13/h3-4,7-8,13,16-17H,2,5-6,9-11H2,1H3. The maximum atomic E-state index is 12.3. The Morgan fingerprint density at radius 3 is 2.35 bits per heavy atom. The van der Waals surface area contributed by atoms with Crippen molar-refractivity contribution in [1.82, 2.24) is 10.0 Å². The van der Waals surface area contributed by atoms with Crippen LogP contribution in [0.1, 0.15) is 44.6 Å². The second kappa shape index (κ2) is 5.13. The van der Waals surface area contributed by atoms with Gasteiger partial charge in [-0.3, -0.25) is 0 Å². The molecule has 5 heteroatoms. The molecule has 1 aromatic carbocycles. The molecule has 2 fully saturated rings. The van der Waals surface area contributed by atoms with Crippen molar-refractivity contribution in [3.05, 3.63) is 29.8 Å². The van der Waals surface area contributed by atoms with E-state index < -0.39 is 10.0 Å². The second-order valence-electron chi connectivity index (χ2n) is 6.32. The van der Waals surface area contributed by atoms with Crippen LogP contribution in [0.5, 0.6) is 0 Å². The summed E-state index contributed by atoms with van der Waals surface area (Å²) in [5, 5.41) is 3.42. The van der Waals surface area contributed by atoms with Crippen LogP contribution >= 0.6 is 0 Å². The maximum Gasteiger partial charge on any atom is 0.241 e. The van der Waals surface area contributed by atoms with Crippen LogP contribution in [0.25, 0.3) is 0 Å². The predicted octanol–water partition coefficient (Wildman–Crippen LogP) is 2.16. The molecule has 0 unspecified atom stereocenters. The molecule has 0 amide bonds. The molecule has 0 spiro atoms. The minimum Gasteiger partial charge on any atom is -0.310 e. The van der Waals surface area contributed by atoms with Gasteiger partial charge in [-0.15, -0.1) is 0 Å². The smallest absolute Gasteiger partial charge is 0.241 e. The van der Waals surface area contributed by atoms with Gasteiger partial charge in [0.15, 0.2) is 0 Å². The van der Waals surface area contributed by atoms with Crippen molar-refractivity contribution in [3.63, 3.8) is 0 Å². The van der Waals surface area contributed by atoms with Gasteiger partial charge in [-0.05, 0) is 56.7 Å². The van der Waals surface area contributed by atoms with E-state index in [0.29, 0.717) is 10.9 Å². The first kappa shape index (κ1) is 14.0. The SMILES string of the molecule is CC1(NS(=O)(=O)c2ccc(CNC3CC3)cc2)CCC1. The van der Waals surface area contributed by atoms with E-state index in [1.807, 2.05) is 19.1 Å². The molecule has 0 saturated heterocycles. The topological polar surface area (TPSA) is 58.2 Å². The van der Waals surface area contributed by atoms with Crippen LogP contribution in [-0.4, -0.2) is 20.0 Å². The summed E-state index contributed by atoms with van der Waals surface area (Å²) in [6.07, 6.45) is 5.47. The van der Waals surface area contributed by atoms with Gasteiger partial charge in [0.1, 0.15) is 0 Å². The van der Waals surface area contributed by atoms with E-state index in [4.69, 9.17) is 0 Å². The molecule has 4 nitrogen and oxygen atoms in total. The van der Waals surface area contributed by atoms with Gasteiger partial charge < -0.3 is 5.32 Å². The fourth-order valence-corrected chi connectivity index (χ4v) is 3.99. The molecule has 0 aromatic heterocycles. The van der Waals surface area contributed by atoms with Crippen LogP contribution < -0.4 is 10.0 Å². The van der Waals surface area contributed by atoms with Crippen molar-refractivity contribution in [1.29, 1.82) is 0 Å². The molecule has 0 radical (unpaired) electrons. The van der Waals surface area contributed by atoms with Crippen molar-refractivity contribution in [2.75, 3.05) is 0 Å². The zero-order chi connectivity index (χ0) is 14.2. The Bertz CT molecular complexity index is 572. The number of hydrogen-bond donors (Lipinski definition) is 2. The largest absolute Gasteiger partial charge is 0.310 e. The Hall–Kier alpha value is -0.910. The zero-order valence-electron chi connectivity index (χ0n) is 11.9. The highest BCUT2D eigenvalue weighted by Crippen LogP contribution is 2.32. The van der Waals surface area contributed by atoms with Crippen LogP contribution in [-0.2, 0) is 16.6 Å². The summed E-state index contributed by atoms with van der Waals surface area (Å²) in [6, 6.07) is 7.86. The lowest BCUT2D eigenvalue weighted by Gasteiger charge is -2.38. The molecule has 2 aliphatic rings. The summed E-state index contributed by atoms with van der Waals surface area (Å²) in [7, 11) is -3.38. The van der Waals surface area contributed by atoms with Crippen LogP contribution in [0, 0.1) is 0 Å². The Labute approximate surface area is 121 Å². The highest BCUT2D eigenvalue weighted by Gasteiger charge is 2.36. The molecular weight excluding hydrogens is 272 g/mol. The normalized spacial score (nSPS) is 21.4. The predicted molar refractivity (Wildman–Crippen MR) is 78.9 cm³/mol. The number of benzene rings is 1. The molecule has 2 saturated carbocycles. The van der Waals surface area contributed by atoms with E-state index in [0.717, 1.165) is 31.4 Å². The third-order valence-corrected chi connectivity index (χ3v) is 5.90. The lowest BCUT2D eigenvalue weighted by molar-refractivity contribution is 0.248. The minimum atomic E-state index is -3.38. The molecular formula is C15H22N2O2S. The Balaban J connectivity index is 1.65. The fraction of sp³-hybridized carbons (Fsp3) is 0.600. The van der Waals surface area contributed by atoms with Crippen LogP contribution in [0.2, 0.25) is 0 Å². The average Bonchev–Trinajstić information content (AvgIpc) is 3.18. The number of nitrogens with one attached hydrogen (secondary N) is 2. The third-order valence-electron chi connectivity index (χ3n) is 4.24. The Morgan fingerprint density at radius 1 is 1.20 bits per heavy atom. The highest BCUT2D eigenvalue weighted by atomic mass is 32.2. The summed E-state index contributed by atoms with van der Waals surface area (Å²) in [5.41, 5.74) is 0.885. The zero-order valence-corrected chi connectivity index (χ0v) is 12.7. The molecule has 0 bridgehead atoms. The van der Waals surface area contributed by atoms with E-state index >= 15 is 0 Å². The molecule has 2 N–H and O–H groups in total. The summed E-state index contributed by atoms with van der Waals surface area (Å²) < 4.78 is 27.4. The lowest BCUT2D eigenvalue weighted by atomic mass is 9.80. The molecule has 110 valence electrons. The van der Waals surface area contributed by atoms with E-state index in [2.05, 4.69) is 10.0 Å². The molecule has 0 atom stereocenters. The van der Waals surface area contributed by atoms with E-state index in [1.54, 1.807) is 12.1 Å².